The van der Waals surface area contributed by atoms with Crippen LogP contribution in [0.2, 0.25) is 0 Å². The van der Waals surface area contributed by atoms with E-state index in [1.807, 2.05) is 6.07 Å². The fourth-order valence-electron chi connectivity index (χ4n) is 3.75. The van der Waals surface area contributed by atoms with Crippen LogP contribution >= 0.6 is 0 Å². The molecule has 0 spiro atoms. The number of hydrogen-bond donors (Lipinski definition) is 1. The minimum atomic E-state index is -0.808. The van der Waals surface area contributed by atoms with Crippen molar-refractivity contribution in [3.05, 3.63) is 89.5 Å². The number of amides is 1. The number of likely N-dealkylation sites (tertiary alicyclic amines) is 1. The van der Waals surface area contributed by atoms with Crippen LogP contribution in [0.3, 0.4) is 0 Å². The van der Waals surface area contributed by atoms with Gasteiger partial charge in [-0.2, -0.15) is 0 Å². The van der Waals surface area contributed by atoms with E-state index < -0.39 is 17.7 Å². The third kappa shape index (κ3) is 3.78. The number of aliphatic hydroxyl groups is 1. The molecule has 32 heavy (non-hydrogen) atoms. The van der Waals surface area contributed by atoms with Gasteiger partial charge in [0.2, 0.25) is 0 Å². The lowest BCUT2D eigenvalue weighted by Gasteiger charge is -2.25. The van der Waals surface area contributed by atoms with Crippen LogP contribution in [-0.4, -0.2) is 45.9 Å². The molecule has 4 rings (SSSR count). The van der Waals surface area contributed by atoms with Crippen LogP contribution < -0.4 is 9.47 Å². The summed E-state index contributed by atoms with van der Waals surface area (Å²) in [5, 5.41) is 11.2. The van der Waals surface area contributed by atoms with E-state index >= 15 is 0 Å². The summed E-state index contributed by atoms with van der Waals surface area (Å²) in [4.78, 5) is 35.7. The second kappa shape index (κ2) is 8.89. The van der Waals surface area contributed by atoms with Crippen LogP contribution in [0.25, 0.3) is 5.76 Å². The summed E-state index contributed by atoms with van der Waals surface area (Å²) >= 11 is 0. The number of ether oxygens (including phenoxy) is 2. The Bertz CT molecular complexity index is 1180. The zero-order chi connectivity index (χ0) is 22.7. The summed E-state index contributed by atoms with van der Waals surface area (Å²) in [5.41, 5.74) is 1.68. The lowest BCUT2D eigenvalue weighted by Crippen LogP contribution is -2.29. The number of methoxy groups -OCH3 is 2. The average Bonchev–Trinajstić information content (AvgIpc) is 3.09. The van der Waals surface area contributed by atoms with Crippen molar-refractivity contribution >= 4 is 17.4 Å². The Morgan fingerprint density at radius 3 is 2.34 bits per heavy atom. The summed E-state index contributed by atoms with van der Waals surface area (Å²) in [5.74, 6) is -0.907. The summed E-state index contributed by atoms with van der Waals surface area (Å²) < 4.78 is 10.6. The lowest BCUT2D eigenvalue weighted by atomic mass is 9.96. The Morgan fingerprint density at radius 1 is 1.00 bits per heavy atom. The van der Waals surface area contributed by atoms with E-state index in [0.717, 1.165) is 5.56 Å². The van der Waals surface area contributed by atoms with E-state index in [0.29, 0.717) is 22.6 Å². The number of nitrogens with zero attached hydrogens (tertiary/aromatic N) is 3. The molecular formula is C24H21N3O5. The lowest BCUT2D eigenvalue weighted by molar-refractivity contribution is -0.140. The summed E-state index contributed by atoms with van der Waals surface area (Å²) in [7, 11) is 2.98. The number of ketones is 1. The standard InChI is InChI=1S/C24H21N3O5/c1-31-18-8-7-16(11-19(18)32-2)22(28)20-21(17-6-4-10-26-13-17)27(24(30)23(20)29)14-15-5-3-9-25-12-15/h3-13,21,28H,14H2,1-2H3/b22-20+/t21-/m1/s1. The highest BCUT2D eigenvalue weighted by Crippen LogP contribution is 2.41. The average molecular weight is 431 g/mol. The van der Waals surface area contributed by atoms with Gasteiger partial charge in [0.25, 0.3) is 11.7 Å². The van der Waals surface area contributed by atoms with Crippen molar-refractivity contribution in [2.75, 3.05) is 14.2 Å². The minimum Gasteiger partial charge on any atom is -0.507 e. The van der Waals surface area contributed by atoms with Crippen molar-refractivity contribution in [1.29, 1.82) is 0 Å². The SMILES string of the molecule is COc1ccc(/C(O)=C2\C(=O)C(=O)N(Cc3cccnc3)[C@@H]2c2cccnc2)cc1OC. The van der Waals surface area contributed by atoms with Gasteiger partial charge in [-0.15, -0.1) is 0 Å². The molecule has 0 unspecified atom stereocenters. The van der Waals surface area contributed by atoms with Crippen LogP contribution in [0.1, 0.15) is 22.7 Å². The van der Waals surface area contributed by atoms with Gasteiger partial charge in [0.1, 0.15) is 5.76 Å². The first-order valence-electron chi connectivity index (χ1n) is 9.84. The van der Waals surface area contributed by atoms with Gasteiger partial charge in [0, 0.05) is 36.9 Å². The number of Topliss-reactive ketones (excluding diaryl/α,β-unsaturated/α-hetero) is 1. The Balaban J connectivity index is 1.85. The van der Waals surface area contributed by atoms with Gasteiger partial charge >= 0.3 is 0 Å². The van der Waals surface area contributed by atoms with Crippen molar-refractivity contribution in [1.82, 2.24) is 14.9 Å². The van der Waals surface area contributed by atoms with Gasteiger partial charge in [-0.25, -0.2) is 0 Å². The molecule has 1 aromatic carbocycles. The van der Waals surface area contributed by atoms with E-state index in [-0.39, 0.29) is 17.9 Å². The topological polar surface area (TPSA) is 102 Å². The summed E-state index contributed by atoms with van der Waals surface area (Å²) in [6.07, 6.45) is 6.45. The molecule has 0 radical (unpaired) electrons. The maximum atomic E-state index is 13.1. The maximum absolute atomic E-state index is 13.1. The monoisotopic (exact) mass is 431 g/mol. The van der Waals surface area contributed by atoms with E-state index in [2.05, 4.69) is 9.97 Å². The molecule has 0 saturated carbocycles. The smallest absolute Gasteiger partial charge is 0.295 e. The highest BCUT2D eigenvalue weighted by Gasteiger charge is 2.46. The molecule has 1 amide bonds. The number of carbonyl (C=O) groups excluding carboxylic acids is 2. The summed E-state index contributed by atoms with van der Waals surface area (Å²) in [6, 6.07) is 11.0. The molecule has 162 valence electrons. The predicted molar refractivity (Wildman–Crippen MR) is 116 cm³/mol. The fourth-order valence-corrected chi connectivity index (χ4v) is 3.75. The fraction of sp³-hybridized carbons (Fsp3) is 0.167. The third-order valence-corrected chi connectivity index (χ3v) is 5.27. The molecule has 2 aromatic heterocycles. The first-order chi connectivity index (χ1) is 15.5. The second-order valence-corrected chi connectivity index (χ2v) is 7.14. The van der Waals surface area contributed by atoms with Gasteiger partial charge in [-0.05, 0) is 41.5 Å². The molecule has 1 N–H and O–H groups in total. The van der Waals surface area contributed by atoms with Gasteiger partial charge in [-0.3, -0.25) is 19.6 Å². The van der Waals surface area contributed by atoms with Gasteiger partial charge < -0.3 is 19.5 Å². The number of carbonyl (C=O) groups is 2. The normalized spacial score (nSPS) is 17.4. The van der Waals surface area contributed by atoms with E-state index in [9.17, 15) is 14.7 Å². The Hall–Kier alpha value is -4.20. The van der Waals surface area contributed by atoms with E-state index in [1.165, 1.54) is 19.1 Å². The highest BCUT2D eigenvalue weighted by atomic mass is 16.5. The highest BCUT2D eigenvalue weighted by molar-refractivity contribution is 6.46. The third-order valence-electron chi connectivity index (χ3n) is 5.27. The summed E-state index contributed by atoms with van der Waals surface area (Å²) in [6.45, 7) is 0.153. The van der Waals surface area contributed by atoms with Gasteiger partial charge in [0.15, 0.2) is 11.5 Å². The minimum absolute atomic E-state index is 0.0147. The van der Waals surface area contributed by atoms with Crippen LogP contribution in [0, 0.1) is 0 Å². The zero-order valence-electron chi connectivity index (χ0n) is 17.6. The molecule has 8 nitrogen and oxygen atoms in total. The van der Waals surface area contributed by atoms with E-state index in [1.54, 1.807) is 61.2 Å². The van der Waals surface area contributed by atoms with Crippen molar-refractivity contribution in [2.24, 2.45) is 0 Å². The quantitative estimate of drug-likeness (QED) is 0.363. The van der Waals surface area contributed by atoms with Crippen molar-refractivity contribution in [2.45, 2.75) is 12.6 Å². The molecule has 0 aliphatic carbocycles. The van der Waals surface area contributed by atoms with Crippen molar-refractivity contribution in [3.63, 3.8) is 0 Å². The number of aliphatic hydroxyl groups excluding tert-OH is 1. The molecule has 1 fully saturated rings. The zero-order valence-corrected chi connectivity index (χ0v) is 17.6. The first kappa shape index (κ1) is 21.0. The molecule has 1 aliphatic heterocycles. The maximum Gasteiger partial charge on any atom is 0.295 e. The van der Waals surface area contributed by atoms with Crippen LogP contribution in [0.15, 0.2) is 72.8 Å². The van der Waals surface area contributed by atoms with Gasteiger partial charge in [0.05, 0.1) is 25.8 Å². The number of hydrogen-bond acceptors (Lipinski definition) is 7. The molecule has 3 aromatic rings. The Labute approximate surface area is 184 Å². The number of aromatic nitrogens is 2. The molecule has 8 heteroatoms. The molecule has 1 saturated heterocycles. The van der Waals surface area contributed by atoms with Crippen molar-refractivity contribution in [3.8, 4) is 11.5 Å². The number of pyridine rings is 2. The molecule has 1 atom stereocenters. The molecular weight excluding hydrogens is 410 g/mol. The Kier molecular flexibility index (Phi) is 5.85. The molecule has 3 heterocycles. The van der Waals surface area contributed by atoms with E-state index in [4.69, 9.17) is 9.47 Å². The predicted octanol–water partition coefficient (Wildman–Crippen LogP) is 3.12. The second-order valence-electron chi connectivity index (χ2n) is 7.14. The van der Waals surface area contributed by atoms with Gasteiger partial charge in [-0.1, -0.05) is 12.1 Å². The van der Waals surface area contributed by atoms with Crippen LogP contribution in [0.5, 0.6) is 11.5 Å². The Morgan fingerprint density at radius 2 is 1.72 bits per heavy atom. The van der Waals surface area contributed by atoms with Crippen LogP contribution in [0.4, 0.5) is 0 Å². The number of rotatable bonds is 6. The largest absolute Gasteiger partial charge is 0.507 e. The number of benzene rings is 1. The molecule has 0 bridgehead atoms. The van der Waals surface area contributed by atoms with Crippen LogP contribution in [-0.2, 0) is 16.1 Å². The van der Waals surface area contributed by atoms with Crippen molar-refractivity contribution < 1.29 is 24.2 Å². The first-order valence-corrected chi connectivity index (χ1v) is 9.84. The molecule has 1 aliphatic rings.